The van der Waals surface area contributed by atoms with Gasteiger partial charge in [0.1, 0.15) is 11.3 Å². The third-order valence-corrected chi connectivity index (χ3v) is 5.19. The van der Waals surface area contributed by atoms with E-state index >= 15 is 0 Å². The molecule has 0 radical (unpaired) electrons. The van der Waals surface area contributed by atoms with Gasteiger partial charge < -0.3 is 20.1 Å². The third kappa shape index (κ3) is 7.34. The highest BCUT2D eigenvalue weighted by Gasteiger charge is 2.30. The zero-order chi connectivity index (χ0) is 24.6. The van der Waals surface area contributed by atoms with Crippen molar-refractivity contribution in [2.24, 2.45) is 0 Å². The van der Waals surface area contributed by atoms with Crippen LogP contribution in [0, 0.1) is 0 Å². The van der Waals surface area contributed by atoms with Crippen molar-refractivity contribution < 1.29 is 37.0 Å². The summed E-state index contributed by atoms with van der Waals surface area (Å²) >= 11 is 1.48. The fourth-order valence-corrected chi connectivity index (χ4v) is 3.38. The molecule has 0 atom stereocenters. The van der Waals surface area contributed by atoms with Crippen LogP contribution in [0.3, 0.4) is 0 Å². The van der Waals surface area contributed by atoms with Crippen molar-refractivity contribution in [1.29, 1.82) is 0 Å². The van der Waals surface area contributed by atoms with Gasteiger partial charge in [-0.25, -0.2) is 4.79 Å². The Kier molecular flexibility index (Phi) is 8.25. The zero-order valence-corrected chi connectivity index (χ0v) is 18.4. The molecule has 0 unspecified atom stereocenters. The predicted octanol–water partition coefficient (Wildman–Crippen LogP) is 4.26. The van der Waals surface area contributed by atoms with Crippen molar-refractivity contribution in [1.82, 2.24) is 5.32 Å². The summed E-state index contributed by atoms with van der Waals surface area (Å²) in [6.07, 6.45) is -4.54. The molecule has 1 heterocycles. The number of thiophene rings is 1. The molecule has 0 saturated carbocycles. The van der Waals surface area contributed by atoms with E-state index in [2.05, 4.69) is 10.6 Å². The zero-order valence-electron chi connectivity index (χ0n) is 17.6. The highest BCUT2D eigenvalue weighted by molar-refractivity contribution is 7.09. The molecule has 11 heteroatoms. The second-order valence-corrected chi connectivity index (χ2v) is 7.88. The minimum Gasteiger partial charge on any atom is -0.483 e. The summed E-state index contributed by atoms with van der Waals surface area (Å²) in [5, 5.41) is 6.80. The Balaban J connectivity index is 1.52. The number of alkyl halides is 3. The molecule has 0 saturated heterocycles. The van der Waals surface area contributed by atoms with Crippen LogP contribution in [0.4, 0.5) is 18.9 Å². The Labute approximate surface area is 196 Å². The normalized spacial score (nSPS) is 10.9. The number of rotatable bonds is 9. The number of carbonyl (C=O) groups is 3. The number of ether oxygens (including phenoxy) is 2. The quantitative estimate of drug-likeness (QED) is 0.436. The Hall–Kier alpha value is -3.86. The van der Waals surface area contributed by atoms with Crippen LogP contribution in [0.2, 0.25) is 0 Å². The van der Waals surface area contributed by atoms with Crippen LogP contribution >= 0.6 is 11.3 Å². The molecule has 7 nitrogen and oxygen atoms in total. The lowest BCUT2D eigenvalue weighted by atomic mass is 10.2. The molecule has 1 aromatic heterocycles. The highest BCUT2D eigenvalue weighted by Crippen LogP contribution is 2.30. The molecule has 178 valence electrons. The van der Waals surface area contributed by atoms with Crippen molar-refractivity contribution in [2.45, 2.75) is 12.7 Å². The predicted molar refractivity (Wildman–Crippen MR) is 118 cm³/mol. The second-order valence-electron chi connectivity index (χ2n) is 6.84. The monoisotopic (exact) mass is 492 g/mol. The maximum Gasteiger partial charge on any atom is 0.416 e. The maximum absolute atomic E-state index is 12.8. The van der Waals surface area contributed by atoms with E-state index in [-0.39, 0.29) is 17.0 Å². The summed E-state index contributed by atoms with van der Waals surface area (Å²) in [6, 6.07) is 13.8. The van der Waals surface area contributed by atoms with Crippen LogP contribution in [-0.2, 0) is 27.0 Å². The number of esters is 1. The Bertz CT molecular complexity index is 1150. The average molecular weight is 492 g/mol. The number of anilines is 1. The third-order valence-electron chi connectivity index (χ3n) is 4.31. The number of nitrogens with one attached hydrogen (secondary N) is 2. The first-order valence-corrected chi connectivity index (χ1v) is 10.8. The van der Waals surface area contributed by atoms with Gasteiger partial charge in [-0.1, -0.05) is 24.3 Å². The van der Waals surface area contributed by atoms with E-state index in [0.717, 1.165) is 17.0 Å². The fraction of sp³-hybridized carbons (Fsp3) is 0.174. The molecule has 0 bridgehead atoms. The molecular formula is C23H19F3N2O5S. The summed E-state index contributed by atoms with van der Waals surface area (Å²) in [7, 11) is 0. The average Bonchev–Trinajstić information content (AvgIpc) is 3.33. The molecule has 3 rings (SSSR count). The molecule has 2 amide bonds. The molecule has 0 aliphatic heterocycles. The molecule has 0 aliphatic carbocycles. The molecule has 2 aromatic carbocycles. The van der Waals surface area contributed by atoms with E-state index in [1.165, 1.54) is 35.6 Å². The summed E-state index contributed by atoms with van der Waals surface area (Å²) in [5.41, 5.74) is -0.969. The van der Waals surface area contributed by atoms with Crippen molar-refractivity contribution in [3.63, 3.8) is 0 Å². The number of hydrogen-bond acceptors (Lipinski definition) is 6. The van der Waals surface area contributed by atoms with Gasteiger partial charge in [-0.15, -0.1) is 11.3 Å². The van der Waals surface area contributed by atoms with Crippen LogP contribution in [0.25, 0.3) is 0 Å². The Morgan fingerprint density at radius 3 is 2.44 bits per heavy atom. The number of hydrogen-bond donors (Lipinski definition) is 2. The van der Waals surface area contributed by atoms with E-state index in [1.54, 1.807) is 12.1 Å². The van der Waals surface area contributed by atoms with Crippen LogP contribution in [0.15, 0.2) is 66.0 Å². The van der Waals surface area contributed by atoms with Crippen LogP contribution in [0.1, 0.15) is 20.8 Å². The molecule has 2 N–H and O–H groups in total. The number of benzene rings is 2. The van der Waals surface area contributed by atoms with Gasteiger partial charge in [0, 0.05) is 10.6 Å². The largest absolute Gasteiger partial charge is 0.483 e. The first-order chi connectivity index (χ1) is 16.2. The number of carbonyl (C=O) groups excluding carboxylic acids is 3. The molecule has 34 heavy (non-hydrogen) atoms. The Morgan fingerprint density at radius 1 is 0.912 bits per heavy atom. The maximum atomic E-state index is 12.8. The van der Waals surface area contributed by atoms with Crippen molar-refractivity contribution in [3.8, 4) is 5.75 Å². The number of para-hydroxylation sites is 1. The minimum atomic E-state index is -4.54. The summed E-state index contributed by atoms with van der Waals surface area (Å²) < 4.78 is 48.8. The first-order valence-electron chi connectivity index (χ1n) is 9.87. The van der Waals surface area contributed by atoms with E-state index < -0.39 is 42.7 Å². The van der Waals surface area contributed by atoms with Crippen molar-refractivity contribution in [2.75, 3.05) is 18.5 Å². The first kappa shape index (κ1) is 24.8. The Morgan fingerprint density at radius 2 is 1.71 bits per heavy atom. The molecule has 0 fully saturated rings. The molecule has 3 aromatic rings. The summed E-state index contributed by atoms with van der Waals surface area (Å²) in [5.74, 6) is -2.03. The summed E-state index contributed by atoms with van der Waals surface area (Å²) in [4.78, 5) is 37.4. The van der Waals surface area contributed by atoms with E-state index in [9.17, 15) is 27.6 Å². The van der Waals surface area contributed by atoms with E-state index in [0.29, 0.717) is 6.54 Å². The molecule has 0 aliphatic rings. The van der Waals surface area contributed by atoms with Gasteiger partial charge in [0.05, 0.1) is 12.1 Å². The van der Waals surface area contributed by atoms with Crippen molar-refractivity contribution >= 4 is 34.8 Å². The number of amides is 2. The SMILES string of the molecule is O=C(COC(=O)c1ccccc1OCC(=O)Nc1cccc(C(F)(F)F)c1)NCc1cccs1. The van der Waals surface area contributed by atoms with E-state index in [4.69, 9.17) is 9.47 Å². The lowest BCUT2D eigenvalue weighted by molar-refractivity contribution is -0.137. The van der Waals surface area contributed by atoms with Gasteiger partial charge in [-0.3, -0.25) is 9.59 Å². The minimum absolute atomic E-state index is 0.0135. The second kappa shape index (κ2) is 11.3. The summed E-state index contributed by atoms with van der Waals surface area (Å²) in [6.45, 7) is -0.759. The lowest BCUT2D eigenvalue weighted by Crippen LogP contribution is -2.28. The van der Waals surface area contributed by atoms with Crippen molar-refractivity contribution in [3.05, 3.63) is 82.0 Å². The van der Waals surface area contributed by atoms with Gasteiger partial charge >= 0.3 is 12.1 Å². The van der Waals surface area contributed by atoms with Gasteiger partial charge in [0.15, 0.2) is 13.2 Å². The smallest absolute Gasteiger partial charge is 0.416 e. The van der Waals surface area contributed by atoms with Crippen LogP contribution < -0.4 is 15.4 Å². The topological polar surface area (TPSA) is 93.7 Å². The molecular weight excluding hydrogens is 473 g/mol. The standard InChI is InChI=1S/C23H19F3N2O5S/c24-23(25,26)15-5-3-6-16(11-15)28-21(30)14-32-19-9-2-1-8-18(19)22(31)33-13-20(29)27-12-17-7-4-10-34-17/h1-11H,12-14H2,(H,27,29)(H,28,30). The van der Waals surface area contributed by atoms with Gasteiger partial charge in [-0.2, -0.15) is 13.2 Å². The number of halogens is 3. The van der Waals surface area contributed by atoms with Gasteiger partial charge in [0.25, 0.3) is 11.8 Å². The van der Waals surface area contributed by atoms with Gasteiger partial charge in [-0.05, 0) is 41.8 Å². The van der Waals surface area contributed by atoms with Crippen LogP contribution in [0.5, 0.6) is 5.75 Å². The lowest BCUT2D eigenvalue weighted by Gasteiger charge is -2.12. The molecule has 0 spiro atoms. The highest BCUT2D eigenvalue weighted by atomic mass is 32.1. The van der Waals surface area contributed by atoms with E-state index in [1.807, 2.05) is 17.5 Å². The fourth-order valence-electron chi connectivity index (χ4n) is 2.73. The van der Waals surface area contributed by atoms with Crippen LogP contribution in [-0.4, -0.2) is 31.0 Å². The van der Waals surface area contributed by atoms with Gasteiger partial charge in [0.2, 0.25) is 0 Å².